The normalized spacial score (nSPS) is 8.67. The fraction of sp³-hybridized carbons (Fsp3) is 0. The van der Waals surface area contributed by atoms with E-state index in [1.807, 2.05) is 0 Å². The van der Waals surface area contributed by atoms with Crippen molar-refractivity contribution >= 4 is 33.3 Å². The van der Waals surface area contributed by atoms with Crippen LogP contribution >= 0.6 is 0 Å². The van der Waals surface area contributed by atoms with Crippen molar-refractivity contribution in [2.24, 2.45) is 0 Å². The van der Waals surface area contributed by atoms with Crippen molar-refractivity contribution in [3.8, 4) is 11.5 Å². The van der Waals surface area contributed by atoms with Gasteiger partial charge in [0.15, 0.2) is 0 Å². The second kappa shape index (κ2) is 4.29. The van der Waals surface area contributed by atoms with E-state index in [1.54, 1.807) is 0 Å². The van der Waals surface area contributed by atoms with Crippen molar-refractivity contribution in [2.75, 3.05) is 0 Å². The molecule has 5 heteroatoms. The average molecular weight is 361 g/mol. The van der Waals surface area contributed by atoms with Crippen molar-refractivity contribution in [1.29, 1.82) is 0 Å². The number of carboxylic acid groups (broad SMARTS) is 1. The van der Waals surface area contributed by atoms with Gasteiger partial charge < -0.3 is 15.3 Å². The van der Waals surface area contributed by atoms with Crippen LogP contribution < -0.4 is 0 Å². The van der Waals surface area contributed by atoms with E-state index in [9.17, 15) is 4.79 Å². The third kappa shape index (κ3) is 2.36. The van der Waals surface area contributed by atoms with E-state index in [-0.39, 0.29) is 38.6 Å². The zero-order valence-corrected chi connectivity index (χ0v) is 9.87. The largest absolute Gasteiger partial charge is 0.508 e. The molecule has 12 heavy (non-hydrogen) atoms. The number of hydrogen-bond donors (Lipinski definition) is 3. The van der Waals surface area contributed by atoms with Gasteiger partial charge in [-0.2, -0.15) is 0 Å². The van der Waals surface area contributed by atoms with Crippen LogP contribution in [-0.4, -0.2) is 48.6 Å². The quantitative estimate of drug-likeness (QED) is 0.634. The van der Waals surface area contributed by atoms with Gasteiger partial charge in [0.2, 0.25) is 0 Å². The molecule has 1 aromatic rings. The number of rotatable bonds is 1. The molecule has 3 N–H and O–H groups in total. The van der Waals surface area contributed by atoms with Crippen LogP contribution in [-0.2, 0) is 0 Å². The molecule has 0 amide bonds. The van der Waals surface area contributed by atoms with Crippen molar-refractivity contribution < 1.29 is 20.1 Å². The number of aromatic hydroxyl groups is 2. The molecule has 0 aliphatic rings. The van der Waals surface area contributed by atoms with Crippen molar-refractivity contribution in [3.05, 3.63) is 23.8 Å². The second-order valence-electron chi connectivity index (χ2n) is 2.01. The molecule has 62 valence electrons. The minimum atomic E-state index is -1.22. The molecule has 4 nitrogen and oxygen atoms in total. The Hall–Kier alpha value is -0.788. The Labute approximate surface area is 88.6 Å². The summed E-state index contributed by atoms with van der Waals surface area (Å²) in [5.74, 6) is -1.81. The summed E-state index contributed by atoms with van der Waals surface area (Å²) < 4.78 is 0. The van der Waals surface area contributed by atoms with Crippen LogP contribution in [0.5, 0.6) is 11.5 Å². The molecule has 0 saturated carbocycles. The van der Waals surface area contributed by atoms with E-state index >= 15 is 0 Å². The number of carboxylic acids is 1. The van der Waals surface area contributed by atoms with Gasteiger partial charge in [-0.15, -0.1) is 0 Å². The van der Waals surface area contributed by atoms with E-state index in [0.717, 1.165) is 12.1 Å². The van der Waals surface area contributed by atoms with Crippen molar-refractivity contribution in [3.63, 3.8) is 0 Å². The molecular formula is C7H6O4Pb. The summed E-state index contributed by atoms with van der Waals surface area (Å²) in [6.45, 7) is 0. The van der Waals surface area contributed by atoms with Gasteiger partial charge in [-0.3, -0.25) is 0 Å². The maximum atomic E-state index is 10.3. The number of aromatic carboxylic acids is 1. The number of hydrogen-bond acceptors (Lipinski definition) is 3. The summed E-state index contributed by atoms with van der Waals surface area (Å²) in [5, 5.41) is 26.1. The standard InChI is InChI=1S/C7H6O4.Pb/c8-4-1-2-5(7(10)11)6(9)3-4;/h1-3,8-9H,(H,10,11);. The Bertz CT molecular complexity index is 297. The average Bonchev–Trinajstić information content (AvgIpc) is 1.85. The summed E-state index contributed by atoms with van der Waals surface area (Å²) in [6, 6.07) is 3.31. The monoisotopic (exact) mass is 362 g/mol. The summed E-state index contributed by atoms with van der Waals surface area (Å²) in [5.41, 5.74) is -0.220. The SMILES string of the molecule is O=C(O)c1ccc(O)cc1O.[Pb]. The fourth-order valence-corrected chi connectivity index (χ4v) is 0.701. The maximum Gasteiger partial charge on any atom is 0.339 e. The molecule has 1 rings (SSSR count). The molecule has 0 bridgehead atoms. The summed E-state index contributed by atoms with van der Waals surface area (Å²) in [4.78, 5) is 10.3. The van der Waals surface area contributed by atoms with Crippen LogP contribution in [0.4, 0.5) is 0 Å². The Morgan fingerprint density at radius 1 is 1.25 bits per heavy atom. The van der Waals surface area contributed by atoms with Gasteiger partial charge in [-0.1, -0.05) is 0 Å². The van der Waals surface area contributed by atoms with Crippen LogP contribution in [0.2, 0.25) is 0 Å². The molecular weight excluding hydrogens is 355 g/mol. The molecule has 4 radical (unpaired) electrons. The molecule has 0 aliphatic carbocycles. The first-order chi connectivity index (χ1) is 5.11. The van der Waals surface area contributed by atoms with Crippen molar-refractivity contribution in [2.45, 2.75) is 0 Å². The van der Waals surface area contributed by atoms with Gasteiger partial charge in [-0.25, -0.2) is 4.79 Å². The van der Waals surface area contributed by atoms with Crippen molar-refractivity contribution in [1.82, 2.24) is 0 Å². The van der Waals surface area contributed by atoms with Crippen LogP contribution in [0, 0.1) is 0 Å². The van der Waals surface area contributed by atoms with Gasteiger partial charge >= 0.3 is 5.97 Å². The van der Waals surface area contributed by atoms with E-state index in [4.69, 9.17) is 15.3 Å². The first-order valence-electron chi connectivity index (χ1n) is 2.86. The van der Waals surface area contributed by atoms with E-state index in [2.05, 4.69) is 0 Å². The van der Waals surface area contributed by atoms with Gasteiger partial charge in [-0.05, 0) is 12.1 Å². The Balaban J connectivity index is 0.00000121. The Morgan fingerprint density at radius 2 is 1.83 bits per heavy atom. The number of benzene rings is 1. The zero-order chi connectivity index (χ0) is 8.43. The van der Waals surface area contributed by atoms with Crippen LogP contribution in [0.3, 0.4) is 0 Å². The molecule has 0 aromatic heterocycles. The summed E-state index contributed by atoms with van der Waals surface area (Å²) in [7, 11) is 0. The third-order valence-corrected chi connectivity index (χ3v) is 1.21. The number of phenolic OH excluding ortho intramolecular Hbond substituents is 1. The number of carbonyl (C=O) groups is 1. The third-order valence-electron chi connectivity index (χ3n) is 1.21. The van der Waals surface area contributed by atoms with E-state index in [1.165, 1.54) is 6.07 Å². The Morgan fingerprint density at radius 3 is 2.25 bits per heavy atom. The fourth-order valence-electron chi connectivity index (χ4n) is 0.701. The molecule has 1 aromatic carbocycles. The van der Waals surface area contributed by atoms with E-state index in [0.29, 0.717) is 0 Å². The second-order valence-corrected chi connectivity index (χ2v) is 2.01. The van der Waals surface area contributed by atoms with Crippen LogP contribution in [0.1, 0.15) is 10.4 Å². The first kappa shape index (κ1) is 11.2. The van der Waals surface area contributed by atoms with Crippen LogP contribution in [0.15, 0.2) is 18.2 Å². The molecule has 0 fully saturated rings. The first-order valence-corrected chi connectivity index (χ1v) is 2.86. The number of phenols is 2. The molecule has 0 heterocycles. The van der Waals surface area contributed by atoms with E-state index < -0.39 is 11.7 Å². The topological polar surface area (TPSA) is 77.8 Å². The Kier molecular flexibility index (Phi) is 4.01. The summed E-state index contributed by atoms with van der Waals surface area (Å²) >= 11 is 0. The molecule has 0 atom stereocenters. The predicted molar refractivity (Wildman–Crippen MR) is 42.5 cm³/mol. The molecule has 0 spiro atoms. The smallest absolute Gasteiger partial charge is 0.339 e. The van der Waals surface area contributed by atoms with Gasteiger partial charge in [0.1, 0.15) is 17.1 Å². The molecule has 0 unspecified atom stereocenters. The molecule has 0 aliphatic heterocycles. The van der Waals surface area contributed by atoms with Gasteiger partial charge in [0.05, 0.1) is 0 Å². The molecule has 0 saturated heterocycles. The predicted octanol–water partition coefficient (Wildman–Crippen LogP) is 0.415. The maximum absolute atomic E-state index is 10.3. The zero-order valence-electron chi connectivity index (χ0n) is 5.98. The minimum absolute atomic E-state index is 0. The summed E-state index contributed by atoms with van der Waals surface area (Å²) in [6.07, 6.45) is 0. The van der Waals surface area contributed by atoms with Gasteiger partial charge in [0, 0.05) is 33.4 Å². The minimum Gasteiger partial charge on any atom is -0.508 e. The van der Waals surface area contributed by atoms with Crippen LogP contribution in [0.25, 0.3) is 0 Å². The van der Waals surface area contributed by atoms with Gasteiger partial charge in [0.25, 0.3) is 0 Å².